The molecular weight excluding hydrogens is 363 g/mol. The number of benzene rings is 2. The highest BCUT2D eigenvalue weighted by molar-refractivity contribution is 5.96. The maximum absolute atomic E-state index is 13.9. The minimum Gasteiger partial charge on any atom is -0.493 e. The fraction of sp³-hybridized carbons (Fsp3) is 0.333. The standard InChI is InChI=1S/C21H23FN2O4/c1-27-18-9-8-15(14-19(18)28-2)20(25)23-10-5-11-24(13-12-23)21(26)16-6-3-4-7-17(16)22/h3-4,6-9,14H,5,10-13H2,1-2H3. The van der Waals surface area contributed by atoms with Crippen LogP contribution >= 0.6 is 0 Å². The summed E-state index contributed by atoms with van der Waals surface area (Å²) in [6, 6.07) is 11.0. The third-order valence-corrected chi connectivity index (χ3v) is 4.81. The summed E-state index contributed by atoms with van der Waals surface area (Å²) in [4.78, 5) is 28.8. The molecule has 0 atom stereocenters. The molecule has 2 aromatic rings. The molecule has 1 saturated heterocycles. The fourth-order valence-corrected chi connectivity index (χ4v) is 3.28. The van der Waals surface area contributed by atoms with Crippen molar-refractivity contribution in [2.24, 2.45) is 0 Å². The summed E-state index contributed by atoms with van der Waals surface area (Å²) in [7, 11) is 3.06. The monoisotopic (exact) mass is 386 g/mol. The van der Waals surface area contributed by atoms with Crippen molar-refractivity contribution in [2.45, 2.75) is 6.42 Å². The first kappa shape index (κ1) is 19.7. The molecule has 0 spiro atoms. The lowest BCUT2D eigenvalue weighted by Gasteiger charge is -2.22. The fourth-order valence-electron chi connectivity index (χ4n) is 3.28. The minimum atomic E-state index is -0.532. The van der Waals surface area contributed by atoms with Gasteiger partial charge in [-0.3, -0.25) is 9.59 Å². The molecule has 0 N–H and O–H groups in total. The van der Waals surface area contributed by atoms with E-state index >= 15 is 0 Å². The maximum atomic E-state index is 13.9. The molecule has 0 bridgehead atoms. The average molecular weight is 386 g/mol. The van der Waals surface area contributed by atoms with Crippen LogP contribution in [0.15, 0.2) is 42.5 Å². The molecule has 2 aromatic carbocycles. The van der Waals surface area contributed by atoms with Crippen molar-refractivity contribution < 1.29 is 23.5 Å². The average Bonchev–Trinajstić information content (AvgIpc) is 2.99. The van der Waals surface area contributed by atoms with Gasteiger partial charge >= 0.3 is 0 Å². The summed E-state index contributed by atoms with van der Waals surface area (Å²) in [6.07, 6.45) is 0.624. The van der Waals surface area contributed by atoms with E-state index in [-0.39, 0.29) is 17.4 Å². The van der Waals surface area contributed by atoms with Gasteiger partial charge in [-0.1, -0.05) is 12.1 Å². The molecule has 0 saturated carbocycles. The number of carbonyl (C=O) groups excluding carboxylic acids is 2. The molecule has 0 aromatic heterocycles. The molecular formula is C21H23FN2O4. The lowest BCUT2D eigenvalue weighted by atomic mass is 10.1. The van der Waals surface area contributed by atoms with E-state index in [1.165, 1.54) is 26.4 Å². The highest BCUT2D eigenvalue weighted by Gasteiger charge is 2.25. The number of halogens is 1. The lowest BCUT2D eigenvalue weighted by molar-refractivity contribution is 0.0716. The molecule has 1 fully saturated rings. The highest BCUT2D eigenvalue weighted by Crippen LogP contribution is 2.28. The van der Waals surface area contributed by atoms with Crippen LogP contribution in [0.2, 0.25) is 0 Å². The van der Waals surface area contributed by atoms with E-state index in [4.69, 9.17) is 9.47 Å². The van der Waals surface area contributed by atoms with E-state index in [1.54, 1.807) is 40.1 Å². The van der Waals surface area contributed by atoms with E-state index < -0.39 is 5.82 Å². The number of hydrogen-bond acceptors (Lipinski definition) is 4. The summed E-state index contributed by atoms with van der Waals surface area (Å²) in [6.45, 7) is 1.73. The second kappa shape index (κ2) is 8.73. The van der Waals surface area contributed by atoms with Crippen molar-refractivity contribution >= 4 is 11.8 Å². The smallest absolute Gasteiger partial charge is 0.256 e. The Morgan fingerprint density at radius 1 is 0.857 bits per heavy atom. The number of carbonyl (C=O) groups is 2. The Morgan fingerprint density at radius 3 is 2.14 bits per heavy atom. The van der Waals surface area contributed by atoms with Gasteiger partial charge in [-0.15, -0.1) is 0 Å². The second-order valence-electron chi connectivity index (χ2n) is 6.49. The minimum absolute atomic E-state index is 0.0576. The van der Waals surface area contributed by atoms with Gasteiger partial charge in [0.25, 0.3) is 11.8 Å². The molecule has 0 radical (unpaired) electrons. The third kappa shape index (κ3) is 4.08. The highest BCUT2D eigenvalue weighted by atomic mass is 19.1. The van der Waals surface area contributed by atoms with Crippen LogP contribution in [-0.4, -0.2) is 62.0 Å². The van der Waals surface area contributed by atoms with Gasteiger partial charge in [-0.2, -0.15) is 0 Å². The zero-order chi connectivity index (χ0) is 20.1. The zero-order valence-corrected chi connectivity index (χ0v) is 16.0. The van der Waals surface area contributed by atoms with Crippen molar-refractivity contribution in [3.63, 3.8) is 0 Å². The van der Waals surface area contributed by atoms with Gasteiger partial charge in [0.2, 0.25) is 0 Å². The largest absolute Gasteiger partial charge is 0.493 e. The number of rotatable bonds is 4. The quantitative estimate of drug-likeness (QED) is 0.811. The van der Waals surface area contributed by atoms with Gasteiger partial charge in [-0.25, -0.2) is 4.39 Å². The molecule has 28 heavy (non-hydrogen) atoms. The van der Waals surface area contributed by atoms with Crippen molar-refractivity contribution in [2.75, 3.05) is 40.4 Å². The zero-order valence-electron chi connectivity index (χ0n) is 16.0. The van der Waals surface area contributed by atoms with Crippen LogP contribution in [-0.2, 0) is 0 Å². The summed E-state index contributed by atoms with van der Waals surface area (Å²) in [5.74, 6) is 0.0192. The number of ether oxygens (including phenoxy) is 2. The van der Waals surface area contributed by atoms with Crippen molar-refractivity contribution in [1.82, 2.24) is 9.80 Å². The molecule has 0 unspecified atom stereocenters. The van der Waals surface area contributed by atoms with E-state index in [2.05, 4.69) is 0 Å². The topological polar surface area (TPSA) is 59.1 Å². The maximum Gasteiger partial charge on any atom is 0.256 e. The molecule has 1 aliphatic heterocycles. The molecule has 1 aliphatic rings. The van der Waals surface area contributed by atoms with E-state index in [0.717, 1.165) is 0 Å². The van der Waals surface area contributed by atoms with Crippen LogP contribution < -0.4 is 9.47 Å². The SMILES string of the molecule is COc1ccc(C(=O)N2CCCN(C(=O)c3ccccc3F)CC2)cc1OC. The normalized spacial score (nSPS) is 14.4. The number of nitrogens with zero attached hydrogens (tertiary/aromatic N) is 2. The van der Waals surface area contributed by atoms with E-state index in [1.807, 2.05) is 0 Å². The van der Waals surface area contributed by atoms with Gasteiger partial charge < -0.3 is 19.3 Å². The predicted molar refractivity (Wildman–Crippen MR) is 102 cm³/mol. The van der Waals surface area contributed by atoms with E-state index in [0.29, 0.717) is 49.7 Å². The van der Waals surface area contributed by atoms with Gasteiger partial charge in [0.1, 0.15) is 5.82 Å². The molecule has 7 heteroatoms. The molecule has 148 valence electrons. The van der Waals surface area contributed by atoms with Crippen LogP contribution in [0.25, 0.3) is 0 Å². The van der Waals surface area contributed by atoms with Gasteiger partial charge in [0, 0.05) is 31.7 Å². The van der Waals surface area contributed by atoms with Crippen molar-refractivity contribution in [3.8, 4) is 11.5 Å². The summed E-state index contributed by atoms with van der Waals surface area (Å²) < 4.78 is 24.4. The number of methoxy groups -OCH3 is 2. The van der Waals surface area contributed by atoms with Crippen molar-refractivity contribution in [3.05, 3.63) is 59.4 Å². The van der Waals surface area contributed by atoms with Crippen molar-refractivity contribution in [1.29, 1.82) is 0 Å². The predicted octanol–water partition coefficient (Wildman–Crippen LogP) is 2.83. The Balaban J connectivity index is 1.70. The second-order valence-corrected chi connectivity index (χ2v) is 6.49. The Morgan fingerprint density at radius 2 is 1.50 bits per heavy atom. The summed E-state index contributed by atoms with van der Waals surface area (Å²) in [5, 5.41) is 0. The van der Waals surface area contributed by atoms with Crippen LogP contribution in [0.4, 0.5) is 4.39 Å². The van der Waals surface area contributed by atoms with Gasteiger partial charge in [0.05, 0.1) is 19.8 Å². The first-order valence-electron chi connectivity index (χ1n) is 9.10. The van der Waals surface area contributed by atoms with Gasteiger partial charge in [0.15, 0.2) is 11.5 Å². The number of hydrogen-bond donors (Lipinski definition) is 0. The Labute approximate surface area is 163 Å². The number of amides is 2. The molecule has 6 nitrogen and oxygen atoms in total. The Kier molecular flexibility index (Phi) is 6.13. The first-order valence-corrected chi connectivity index (χ1v) is 9.10. The van der Waals surface area contributed by atoms with Crippen LogP contribution in [0.3, 0.4) is 0 Å². The lowest BCUT2D eigenvalue weighted by Crippen LogP contribution is -2.37. The molecule has 2 amide bonds. The van der Waals surface area contributed by atoms with Gasteiger partial charge in [-0.05, 0) is 36.8 Å². The van der Waals surface area contributed by atoms with E-state index in [9.17, 15) is 14.0 Å². The first-order chi connectivity index (χ1) is 13.5. The summed E-state index contributed by atoms with van der Waals surface area (Å²) >= 11 is 0. The molecule has 3 rings (SSSR count). The molecule has 1 heterocycles. The third-order valence-electron chi connectivity index (χ3n) is 4.81. The Hall–Kier alpha value is -3.09. The Bertz CT molecular complexity index is 871. The molecule has 0 aliphatic carbocycles. The van der Waals surface area contributed by atoms with Crippen LogP contribution in [0, 0.1) is 5.82 Å². The summed E-state index contributed by atoms with van der Waals surface area (Å²) in [5.41, 5.74) is 0.550. The van der Waals surface area contributed by atoms with Crippen LogP contribution in [0.5, 0.6) is 11.5 Å². The van der Waals surface area contributed by atoms with Crippen LogP contribution in [0.1, 0.15) is 27.1 Å².